The summed E-state index contributed by atoms with van der Waals surface area (Å²) < 4.78 is 4.64. The highest BCUT2D eigenvalue weighted by atomic mass is 16.1. The maximum Gasteiger partial charge on any atom is 0.235 e. The second-order valence-electron chi connectivity index (χ2n) is 11.7. The molecule has 0 N–H and O–H groups in total. The number of carbonyl (C=O) groups excluding carboxylic acids is 1. The Morgan fingerprint density at radius 2 is 1.11 bits per heavy atom. The monoisotopic (exact) mass is 560 g/mol. The predicted molar refractivity (Wildman–Crippen MR) is 177 cm³/mol. The molecule has 0 radical (unpaired) electrons. The normalized spacial score (nSPS) is 13.0. The molecule has 0 fully saturated rings. The first-order chi connectivity index (χ1) is 21.8. The van der Waals surface area contributed by atoms with Crippen molar-refractivity contribution >= 4 is 76.6 Å². The minimum Gasteiger partial charge on any atom is -0.308 e. The van der Waals surface area contributed by atoms with E-state index in [0.717, 1.165) is 38.6 Å². The maximum absolute atomic E-state index is 13.5. The van der Waals surface area contributed by atoms with E-state index in [4.69, 9.17) is 9.97 Å². The molecule has 1 aliphatic rings. The molecule has 0 atom stereocenters. The van der Waals surface area contributed by atoms with E-state index < -0.39 is 0 Å². The van der Waals surface area contributed by atoms with Crippen LogP contribution in [0.15, 0.2) is 121 Å². The van der Waals surface area contributed by atoms with Gasteiger partial charge in [0.2, 0.25) is 5.95 Å². The number of benzene rings is 6. The maximum atomic E-state index is 13.5. The molecule has 10 aromatic rings. The lowest BCUT2D eigenvalue weighted by Crippen LogP contribution is -2.13. The summed E-state index contributed by atoms with van der Waals surface area (Å²) in [6.45, 7) is 0. The molecule has 202 valence electrons. The average molecular weight is 561 g/mol. The molecule has 44 heavy (non-hydrogen) atoms. The van der Waals surface area contributed by atoms with Gasteiger partial charge in [0.15, 0.2) is 5.78 Å². The van der Waals surface area contributed by atoms with Crippen molar-refractivity contribution in [2.45, 2.75) is 0 Å². The molecule has 11 rings (SSSR count). The third kappa shape index (κ3) is 2.52. The van der Waals surface area contributed by atoms with Crippen LogP contribution < -0.4 is 0 Å². The summed E-state index contributed by atoms with van der Waals surface area (Å²) in [5.41, 5.74) is 9.53. The number of carbonyl (C=O) groups is 1. The molecule has 4 aromatic heterocycles. The molecule has 0 spiro atoms. The van der Waals surface area contributed by atoms with Gasteiger partial charge < -0.3 is 4.40 Å². The Kier molecular flexibility index (Phi) is 3.92. The zero-order valence-electron chi connectivity index (χ0n) is 23.2. The average Bonchev–Trinajstić information content (AvgIpc) is 3.71. The number of fused-ring (bicyclic) bond motifs is 12. The molecule has 0 saturated carbocycles. The van der Waals surface area contributed by atoms with Crippen LogP contribution in [0.2, 0.25) is 0 Å². The van der Waals surface area contributed by atoms with E-state index in [1.807, 2.05) is 42.5 Å². The molecule has 6 aromatic carbocycles. The first-order valence-electron chi connectivity index (χ1n) is 14.8. The fourth-order valence-electron chi connectivity index (χ4n) is 7.87. The number of ketones is 1. The molecule has 0 aliphatic heterocycles. The molecule has 1 aliphatic carbocycles. The highest BCUT2D eigenvalue weighted by Crippen LogP contribution is 2.47. The lowest BCUT2D eigenvalue weighted by Gasteiger charge is -2.19. The smallest absolute Gasteiger partial charge is 0.235 e. The summed E-state index contributed by atoms with van der Waals surface area (Å²) in [6, 6.07) is 41.8. The number of nitrogens with zero attached hydrogens (tertiary/aromatic N) is 4. The molecule has 5 heteroatoms. The van der Waals surface area contributed by atoms with Crippen LogP contribution in [0.4, 0.5) is 0 Å². The molecule has 0 amide bonds. The minimum absolute atomic E-state index is 0.0207. The minimum atomic E-state index is 0.0207. The second-order valence-corrected chi connectivity index (χ2v) is 11.7. The second kappa shape index (κ2) is 7.65. The van der Waals surface area contributed by atoms with Crippen LogP contribution in [0.1, 0.15) is 15.9 Å². The fourth-order valence-corrected chi connectivity index (χ4v) is 7.87. The predicted octanol–water partition coefficient (Wildman–Crippen LogP) is 9.09. The highest BCUT2D eigenvalue weighted by molar-refractivity contribution is 6.35. The first kappa shape index (κ1) is 22.5. The summed E-state index contributed by atoms with van der Waals surface area (Å²) in [6.07, 6.45) is 0. The van der Waals surface area contributed by atoms with Crippen LogP contribution in [0.5, 0.6) is 0 Å². The number of hydrogen-bond donors (Lipinski definition) is 0. The van der Waals surface area contributed by atoms with Crippen molar-refractivity contribution in [3.8, 4) is 17.2 Å². The Labute approximate surface area is 249 Å². The molecular formula is C39H20N4O. The van der Waals surface area contributed by atoms with Gasteiger partial charge in [-0.1, -0.05) is 91.0 Å². The van der Waals surface area contributed by atoms with E-state index in [1.54, 1.807) is 0 Å². The molecule has 5 nitrogen and oxygen atoms in total. The zero-order chi connectivity index (χ0) is 28.7. The van der Waals surface area contributed by atoms with Gasteiger partial charge in [-0.05, 0) is 30.3 Å². The van der Waals surface area contributed by atoms with Crippen molar-refractivity contribution in [1.82, 2.24) is 18.9 Å². The third-order valence-electron chi connectivity index (χ3n) is 9.59. The van der Waals surface area contributed by atoms with Gasteiger partial charge in [0.05, 0.1) is 38.8 Å². The quantitative estimate of drug-likeness (QED) is 0.201. The van der Waals surface area contributed by atoms with Gasteiger partial charge >= 0.3 is 0 Å². The van der Waals surface area contributed by atoms with Crippen molar-refractivity contribution in [2.24, 2.45) is 0 Å². The van der Waals surface area contributed by atoms with Crippen LogP contribution in [0.25, 0.3) is 88.0 Å². The van der Waals surface area contributed by atoms with Gasteiger partial charge in [-0.2, -0.15) is 0 Å². The molecule has 0 unspecified atom stereocenters. The van der Waals surface area contributed by atoms with Crippen molar-refractivity contribution in [3.05, 3.63) is 132 Å². The Hall–Kier alpha value is -6.07. The van der Waals surface area contributed by atoms with Crippen molar-refractivity contribution in [3.63, 3.8) is 0 Å². The Morgan fingerprint density at radius 3 is 1.93 bits per heavy atom. The summed E-state index contributed by atoms with van der Waals surface area (Å²) in [5.74, 6) is 0.619. The van der Waals surface area contributed by atoms with Gasteiger partial charge in [-0.15, -0.1) is 0 Å². The molecule has 4 heterocycles. The number of rotatable bonds is 1. The van der Waals surface area contributed by atoms with E-state index in [1.165, 1.54) is 43.5 Å². The Bertz CT molecular complexity index is 2910. The van der Waals surface area contributed by atoms with E-state index in [2.05, 4.69) is 87.8 Å². The Morgan fingerprint density at radius 1 is 0.477 bits per heavy atom. The fraction of sp³-hybridized carbons (Fsp3) is 0. The van der Waals surface area contributed by atoms with Gasteiger partial charge in [0.1, 0.15) is 0 Å². The summed E-state index contributed by atoms with van der Waals surface area (Å²) >= 11 is 0. The molecular weight excluding hydrogens is 540 g/mol. The molecule has 0 saturated heterocycles. The topological polar surface area (TPSA) is 52.2 Å². The van der Waals surface area contributed by atoms with Gasteiger partial charge in [0, 0.05) is 54.4 Å². The highest BCUT2D eigenvalue weighted by Gasteiger charge is 2.29. The summed E-state index contributed by atoms with van der Waals surface area (Å²) in [5, 5.41) is 8.10. The van der Waals surface area contributed by atoms with Crippen LogP contribution >= 0.6 is 0 Å². The number of aromatic nitrogens is 4. The van der Waals surface area contributed by atoms with Crippen molar-refractivity contribution < 1.29 is 4.79 Å². The number of para-hydroxylation sites is 3. The lowest BCUT2D eigenvalue weighted by molar-refractivity contribution is 0.104. The third-order valence-corrected chi connectivity index (χ3v) is 9.59. The molecule has 0 bridgehead atoms. The largest absolute Gasteiger partial charge is 0.308 e. The van der Waals surface area contributed by atoms with Crippen LogP contribution in [-0.2, 0) is 0 Å². The van der Waals surface area contributed by atoms with Gasteiger partial charge in [0.25, 0.3) is 0 Å². The van der Waals surface area contributed by atoms with Crippen molar-refractivity contribution in [1.29, 1.82) is 0 Å². The van der Waals surface area contributed by atoms with E-state index in [-0.39, 0.29) is 5.78 Å². The zero-order valence-corrected chi connectivity index (χ0v) is 23.2. The SMILES string of the molecule is O=C1c2ccccc2-c2nc(-n3c4ccccc4c4c5c6ccccc6n6c7ccccc7c(cc43)c56)nc3cccc1c23. The number of hydrogen-bond acceptors (Lipinski definition) is 3. The standard InChI is InChI=1S/C39H20N4O/c44-38-23-12-2-1-11-22(23)36-33-26(38)15-9-16-28(33)40-39(41-36)43-31-19-8-4-13-24(31)34-32(43)20-27-21-10-3-6-17-29(21)42-30-18-7-5-14-25(30)35(34)37(27)42/h1-20H. The van der Waals surface area contributed by atoms with Crippen molar-refractivity contribution in [2.75, 3.05) is 0 Å². The Balaban J connectivity index is 1.38. The van der Waals surface area contributed by atoms with E-state index >= 15 is 0 Å². The van der Waals surface area contributed by atoms with E-state index in [9.17, 15) is 4.79 Å². The first-order valence-corrected chi connectivity index (χ1v) is 14.8. The van der Waals surface area contributed by atoms with Gasteiger partial charge in [-0.25, -0.2) is 9.97 Å². The van der Waals surface area contributed by atoms with E-state index in [0.29, 0.717) is 17.1 Å². The van der Waals surface area contributed by atoms with Crippen LogP contribution in [-0.4, -0.2) is 24.7 Å². The van der Waals surface area contributed by atoms with Crippen LogP contribution in [0, 0.1) is 0 Å². The van der Waals surface area contributed by atoms with Crippen LogP contribution in [0.3, 0.4) is 0 Å². The lowest BCUT2D eigenvalue weighted by atomic mass is 9.87. The van der Waals surface area contributed by atoms with Gasteiger partial charge in [-0.3, -0.25) is 9.36 Å². The summed E-state index contributed by atoms with van der Waals surface area (Å²) in [4.78, 5) is 23.9. The summed E-state index contributed by atoms with van der Waals surface area (Å²) in [7, 11) is 0.